The molecular formula is C13H16FN3O. The van der Waals surface area contributed by atoms with E-state index in [1.807, 2.05) is 6.07 Å². The molecule has 96 valence electrons. The Morgan fingerprint density at radius 2 is 2.06 bits per heavy atom. The van der Waals surface area contributed by atoms with Crippen molar-refractivity contribution in [2.45, 2.75) is 19.1 Å². The maximum Gasteiger partial charge on any atom is 0.123 e. The molecule has 18 heavy (non-hydrogen) atoms. The van der Waals surface area contributed by atoms with Crippen molar-refractivity contribution in [2.75, 3.05) is 6.54 Å². The van der Waals surface area contributed by atoms with E-state index in [0.29, 0.717) is 18.7 Å². The zero-order valence-corrected chi connectivity index (χ0v) is 10.2. The summed E-state index contributed by atoms with van der Waals surface area (Å²) in [6, 6.07) is 7.73. The Bertz CT molecular complexity index is 479. The van der Waals surface area contributed by atoms with E-state index < -0.39 is 5.60 Å². The average molecular weight is 249 g/mol. The first-order valence-corrected chi connectivity index (χ1v) is 5.75. The molecule has 2 aromatic rings. The van der Waals surface area contributed by atoms with Crippen molar-refractivity contribution in [2.24, 2.45) is 0 Å². The van der Waals surface area contributed by atoms with Crippen LogP contribution in [0.5, 0.6) is 0 Å². The molecule has 0 aliphatic heterocycles. The number of aliphatic hydroxyl groups is 1. The number of nitrogens with zero attached hydrogens (tertiary/aromatic N) is 1. The van der Waals surface area contributed by atoms with E-state index in [4.69, 9.17) is 0 Å². The van der Waals surface area contributed by atoms with Crippen LogP contribution in [0.3, 0.4) is 0 Å². The van der Waals surface area contributed by atoms with Crippen LogP contribution in [-0.4, -0.2) is 21.8 Å². The summed E-state index contributed by atoms with van der Waals surface area (Å²) >= 11 is 0. The van der Waals surface area contributed by atoms with Gasteiger partial charge in [0.2, 0.25) is 0 Å². The lowest BCUT2D eigenvalue weighted by atomic mass is 9.96. The number of nitrogens with one attached hydrogen (secondary N) is 2. The molecule has 0 aliphatic rings. The molecule has 0 saturated carbocycles. The molecule has 1 unspecified atom stereocenters. The van der Waals surface area contributed by atoms with Gasteiger partial charge in [0.05, 0.1) is 5.60 Å². The zero-order valence-electron chi connectivity index (χ0n) is 10.2. The lowest BCUT2D eigenvalue weighted by molar-refractivity contribution is 0.0565. The SMILES string of the molecule is CC(O)(CNCc1ccn[nH]1)c1ccc(F)cc1. The van der Waals surface area contributed by atoms with Crippen molar-refractivity contribution in [3.8, 4) is 0 Å². The lowest BCUT2D eigenvalue weighted by Crippen LogP contribution is -2.35. The van der Waals surface area contributed by atoms with Gasteiger partial charge in [0.25, 0.3) is 0 Å². The molecule has 4 nitrogen and oxygen atoms in total. The van der Waals surface area contributed by atoms with E-state index in [0.717, 1.165) is 5.69 Å². The molecule has 1 heterocycles. The number of rotatable bonds is 5. The van der Waals surface area contributed by atoms with Crippen molar-refractivity contribution >= 4 is 0 Å². The summed E-state index contributed by atoms with van der Waals surface area (Å²) in [5.41, 5.74) is 0.596. The standard InChI is InChI=1S/C13H16FN3O/c1-13(18,10-2-4-11(14)5-3-10)9-15-8-12-6-7-16-17-12/h2-7,15,18H,8-9H2,1H3,(H,16,17). The second kappa shape index (κ2) is 5.29. The van der Waals surface area contributed by atoms with Crippen LogP contribution in [0.1, 0.15) is 18.2 Å². The maximum atomic E-state index is 12.8. The first kappa shape index (κ1) is 12.7. The van der Waals surface area contributed by atoms with Gasteiger partial charge in [-0.3, -0.25) is 5.10 Å². The van der Waals surface area contributed by atoms with Crippen molar-refractivity contribution in [3.63, 3.8) is 0 Å². The molecule has 0 spiro atoms. The quantitative estimate of drug-likeness (QED) is 0.753. The van der Waals surface area contributed by atoms with Gasteiger partial charge in [0.15, 0.2) is 0 Å². The van der Waals surface area contributed by atoms with Gasteiger partial charge in [-0.2, -0.15) is 5.10 Å². The van der Waals surface area contributed by atoms with Gasteiger partial charge in [0, 0.05) is 25.0 Å². The Hall–Kier alpha value is -1.72. The van der Waals surface area contributed by atoms with Crippen LogP contribution in [-0.2, 0) is 12.1 Å². The molecule has 3 N–H and O–H groups in total. The highest BCUT2D eigenvalue weighted by atomic mass is 19.1. The van der Waals surface area contributed by atoms with Crippen molar-refractivity contribution < 1.29 is 9.50 Å². The molecule has 0 radical (unpaired) electrons. The summed E-state index contributed by atoms with van der Waals surface area (Å²) in [4.78, 5) is 0. The molecule has 0 saturated heterocycles. The molecule has 1 aromatic carbocycles. The van der Waals surface area contributed by atoms with Gasteiger partial charge in [-0.15, -0.1) is 0 Å². The fraction of sp³-hybridized carbons (Fsp3) is 0.308. The Balaban J connectivity index is 1.92. The molecule has 0 amide bonds. The van der Waals surface area contributed by atoms with Crippen molar-refractivity contribution in [3.05, 3.63) is 53.6 Å². The minimum atomic E-state index is -1.03. The average Bonchev–Trinajstić information content (AvgIpc) is 2.82. The van der Waals surface area contributed by atoms with Crippen LogP contribution in [0.4, 0.5) is 4.39 Å². The first-order valence-electron chi connectivity index (χ1n) is 5.75. The number of hydrogen-bond acceptors (Lipinski definition) is 3. The molecular weight excluding hydrogens is 233 g/mol. The Morgan fingerprint density at radius 1 is 1.33 bits per heavy atom. The number of benzene rings is 1. The smallest absolute Gasteiger partial charge is 0.123 e. The predicted molar refractivity (Wildman–Crippen MR) is 66.3 cm³/mol. The van der Waals surface area contributed by atoms with Crippen molar-refractivity contribution in [1.29, 1.82) is 0 Å². The molecule has 2 rings (SSSR count). The summed E-state index contributed by atoms with van der Waals surface area (Å²) in [6.07, 6.45) is 1.68. The third-order valence-corrected chi connectivity index (χ3v) is 2.81. The number of aromatic amines is 1. The topological polar surface area (TPSA) is 60.9 Å². The minimum Gasteiger partial charge on any atom is -0.384 e. The zero-order chi connectivity index (χ0) is 13.0. The van der Waals surface area contributed by atoms with Crippen LogP contribution in [0, 0.1) is 5.82 Å². The van der Waals surface area contributed by atoms with Gasteiger partial charge >= 0.3 is 0 Å². The number of aromatic nitrogens is 2. The van der Waals surface area contributed by atoms with E-state index in [1.54, 1.807) is 25.3 Å². The summed E-state index contributed by atoms with van der Waals surface area (Å²) in [5, 5.41) is 20.1. The van der Waals surface area contributed by atoms with Crippen LogP contribution in [0.2, 0.25) is 0 Å². The molecule has 0 bridgehead atoms. The molecule has 0 aliphatic carbocycles. The maximum absolute atomic E-state index is 12.8. The predicted octanol–water partition coefficient (Wildman–Crippen LogP) is 1.55. The van der Waals surface area contributed by atoms with Crippen molar-refractivity contribution in [1.82, 2.24) is 15.5 Å². The minimum absolute atomic E-state index is 0.306. The van der Waals surface area contributed by atoms with Gasteiger partial charge in [-0.05, 0) is 30.7 Å². The first-order chi connectivity index (χ1) is 8.58. The monoisotopic (exact) mass is 249 g/mol. The molecule has 1 atom stereocenters. The summed E-state index contributed by atoms with van der Waals surface area (Å²) in [7, 11) is 0. The third kappa shape index (κ3) is 3.15. The largest absolute Gasteiger partial charge is 0.384 e. The van der Waals surface area contributed by atoms with Crippen LogP contribution in [0.15, 0.2) is 36.5 Å². The van der Waals surface area contributed by atoms with E-state index >= 15 is 0 Å². The highest BCUT2D eigenvalue weighted by molar-refractivity contribution is 5.22. The van der Waals surface area contributed by atoms with Gasteiger partial charge in [-0.25, -0.2) is 4.39 Å². The number of H-pyrrole nitrogens is 1. The molecule has 1 aromatic heterocycles. The molecule has 5 heteroatoms. The van der Waals surface area contributed by atoms with E-state index in [9.17, 15) is 9.50 Å². The van der Waals surface area contributed by atoms with E-state index in [-0.39, 0.29) is 5.82 Å². The fourth-order valence-corrected chi connectivity index (χ4v) is 1.73. The highest BCUT2D eigenvalue weighted by Gasteiger charge is 2.22. The van der Waals surface area contributed by atoms with E-state index in [2.05, 4.69) is 15.5 Å². The fourth-order valence-electron chi connectivity index (χ4n) is 1.73. The summed E-state index contributed by atoms with van der Waals surface area (Å²) < 4.78 is 12.8. The van der Waals surface area contributed by atoms with Crippen LogP contribution < -0.4 is 5.32 Å². The highest BCUT2D eigenvalue weighted by Crippen LogP contribution is 2.19. The number of hydrogen-bond donors (Lipinski definition) is 3. The van der Waals surface area contributed by atoms with Gasteiger partial charge in [0.1, 0.15) is 5.82 Å². The Kier molecular flexibility index (Phi) is 3.74. The Labute approximate surface area is 105 Å². The summed E-state index contributed by atoms with van der Waals surface area (Å²) in [6.45, 7) is 2.66. The van der Waals surface area contributed by atoms with Crippen LogP contribution in [0.25, 0.3) is 0 Å². The second-order valence-corrected chi connectivity index (χ2v) is 4.47. The lowest BCUT2D eigenvalue weighted by Gasteiger charge is -2.24. The third-order valence-electron chi connectivity index (χ3n) is 2.81. The Morgan fingerprint density at radius 3 is 2.67 bits per heavy atom. The second-order valence-electron chi connectivity index (χ2n) is 4.47. The molecule has 0 fully saturated rings. The van der Waals surface area contributed by atoms with E-state index in [1.165, 1.54) is 12.1 Å². The van der Waals surface area contributed by atoms with Gasteiger partial charge < -0.3 is 10.4 Å². The summed E-state index contributed by atoms with van der Waals surface area (Å²) in [5.74, 6) is -0.306. The van der Waals surface area contributed by atoms with Crippen LogP contribution >= 0.6 is 0 Å². The van der Waals surface area contributed by atoms with Gasteiger partial charge in [-0.1, -0.05) is 12.1 Å². The number of halogens is 1. The normalized spacial score (nSPS) is 14.4.